The van der Waals surface area contributed by atoms with Gasteiger partial charge in [-0.15, -0.1) is 0 Å². The minimum atomic E-state index is -1.03. The number of hydrogen-bond donors (Lipinski definition) is 2. The van der Waals surface area contributed by atoms with Gasteiger partial charge in [0.1, 0.15) is 6.04 Å². The van der Waals surface area contributed by atoms with Gasteiger partial charge in [0.2, 0.25) is 0 Å². The van der Waals surface area contributed by atoms with E-state index in [2.05, 4.69) is 5.32 Å². The lowest BCUT2D eigenvalue weighted by Gasteiger charge is -2.32. The van der Waals surface area contributed by atoms with Crippen LogP contribution in [0.3, 0.4) is 0 Å². The predicted molar refractivity (Wildman–Crippen MR) is 82.2 cm³/mol. The number of amides is 2. The van der Waals surface area contributed by atoms with E-state index < -0.39 is 12.0 Å². The summed E-state index contributed by atoms with van der Waals surface area (Å²) < 4.78 is 0. The van der Waals surface area contributed by atoms with Gasteiger partial charge in [0.05, 0.1) is 0 Å². The van der Waals surface area contributed by atoms with Crippen molar-refractivity contribution in [2.24, 2.45) is 0 Å². The lowest BCUT2D eigenvalue weighted by Crippen LogP contribution is -2.53. The number of aliphatic carboxylic acids is 1. The molecule has 0 radical (unpaired) electrons. The van der Waals surface area contributed by atoms with Crippen LogP contribution in [0.1, 0.15) is 33.3 Å². The van der Waals surface area contributed by atoms with Gasteiger partial charge in [-0.2, -0.15) is 0 Å². The van der Waals surface area contributed by atoms with E-state index in [0.29, 0.717) is 0 Å². The molecule has 5 heteroatoms. The van der Waals surface area contributed by atoms with Gasteiger partial charge in [-0.05, 0) is 33.3 Å². The van der Waals surface area contributed by atoms with Gasteiger partial charge in [-0.3, -0.25) is 0 Å². The molecule has 0 fully saturated rings. The normalized spacial score (nSPS) is 12.3. The topological polar surface area (TPSA) is 69.6 Å². The highest BCUT2D eigenvalue weighted by Gasteiger charge is 2.26. The van der Waals surface area contributed by atoms with Gasteiger partial charge in [0.15, 0.2) is 0 Å². The SMILES string of the molecule is CC(C)N(C(=O)N[C@@H](Cc1ccccc1)C(=O)O)C(C)C. The number of carboxylic acid groups (broad SMARTS) is 1. The zero-order valence-corrected chi connectivity index (χ0v) is 13.0. The molecule has 2 N–H and O–H groups in total. The Morgan fingerprint density at radius 2 is 1.62 bits per heavy atom. The van der Waals surface area contributed by atoms with Crippen LogP contribution in [0.2, 0.25) is 0 Å². The fraction of sp³-hybridized carbons (Fsp3) is 0.500. The lowest BCUT2D eigenvalue weighted by atomic mass is 10.1. The molecule has 0 spiro atoms. The molecule has 0 bridgehead atoms. The van der Waals surface area contributed by atoms with Crippen molar-refractivity contribution < 1.29 is 14.7 Å². The Morgan fingerprint density at radius 1 is 1.10 bits per heavy atom. The zero-order valence-electron chi connectivity index (χ0n) is 13.0. The molecule has 116 valence electrons. The van der Waals surface area contributed by atoms with E-state index in [1.807, 2.05) is 58.0 Å². The molecule has 0 unspecified atom stereocenters. The molecular weight excluding hydrogens is 268 g/mol. The first-order valence-corrected chi connectivity index (χ1v) is 7.18. The number of carbonyl (C=O) groups excluding carboxylic acids is 1. The quantitative estimate of drug-likeness (QED) is 0.846. The summed E-state index contributed by atoms with van der Waals surface area (Å²) in [5, 5.41) is 11.9. The highest BCUT2D eigenvalue weighted by atomic mass is 16.4. The Balaban J connectivity index is 2.79. The molecule has 5 nitrogen and oxygen atoms in total. The highest BCUT2D eigenvalue weighted by molar-refractivity contribution is 5.83. The van der Waals surface area contributed by atoms with Gasteiger partial charge >= 0.3 is 12.0 Å². The van der Waals surface area contributed by atoms with E-state index in [0.717, 1.165) is 5.56 Å². The van der Waals surface area contributed by atoms with Crippen LogP contribution >= 0.6 is 0 Å². The Kier molecular flexibility index (Phi) is 6.21. The van der Waals surface area contributed by atoms with Crippen LogP contribution in [0.4, 0.5) is 4.79 Å². The number of urea groups is 1. The summed E-state index contributed by atoms with van der Waals surface area (Å²) in [6.45, 7) is 7.64. The van der Waals surface area contributed by atoms with Gasteiger partial charge in [-0.25, -0.2) is 9.59 Å². The van der Waals surface area contributed by atoms with Crippen molar-refractivity contribution in [1.82, 2.24) is 10.2 Å². The molecular formula is C16H24N2O3. The van der Waals surface area contributed by atoms with Crippen molar-refractivity contribution in [3.05, 3.63) is 35.9 Å². The molecule has 0 aliphatic rings. The summed E-state index contributed by atoms with van der Waals surface area (Å²) in [6.07, 6.45) is 0.270. The van der Waals surface area contributed by atoms with Crippen molar-refractivity contribution in [2.75, 3.05) is 0 Å². The maximum Gasteiger partial charge on any atom is 0.326 e. The maximum absolute atomic E-state index is 12.3. The van der Waals surface area contributed by atoms with E-state index in [4.69, 9.17) is 0 Å². The third-order valence-electron chi connectivity index (χ3n) is 3.23. The minimum Gasteiger partial charge on any atom is -0.480 e. The third-order valence-corrected chi connectivity index (χ3v) is 3.23. The summed E-state index contributed by atoms with van der Waals surface area (Å²) in [5.41, 5.74) is 0.880. The second-order valence-electron chi connectivity index (χ2n) is 5.62. The second kappa shape index (κ2) is 7.67. The van der Waals surface area contributed by atoms with E-state index >= 15 is 0 Å². The van der Waals surface area contributed by atoms with Gasteiger partial charge in [0, 0.05) is 18.5 Å². The van der Waals surface area contributed by atoms with E-state index in [-0.39, 0.29) is 24.5 Å². The van der Waals surface area contributed by atoms with Crippen LogP contribution in [0, 0.1) is 0 Å². The molecule has 1 rings (SSSR count). The lowest BCUT2D eigenvalue weighted by molar-refractivity contribution is -0.139. The van der Waals surface area contributed by atoms with Crippen molar-refractivity contribution in [3.8, 4) is 0 Å². The number of nitrogens with zero attached hydrogens (tertiary/aromatic N) is 1. The largest absolute Gasteiger partial charge is 0.480 e. The van der Waals surface area contributed by atoms with Crippen LogP contribution in [0.25, 0.3) is 0 Å². The summed E-state index contributed by atoms with van der Waals surface area (Å²) in [6, 6.07) is 8.03. The molecule has 0 heterocycles. The first-order valence-electron chi connectivity index (χ1n) is 7.18. The van der Waals surface area contributed by atoms with Crippen LogP contribution in [0.15, 0.2) is 30.3 Å². The smallest absolute Gasteiger partial charge is 0.326 e. The first kappa shape index (κ1) is 17.0. The number of rotatable bonds is 6. The molecule has 0 saturated carbocycles. The minimum absolute atomic E-state index is 0.0103. The summed E-state index contributed by atoms with van der Waals surface area (Å²) in [7, 11) is 0. The fourth-order valence-corrected chi connectivity index (χ4v) is 2.34. The van der Waals surface area contributed by atoms with Crippen LogP contribution in [0.5, 0.6) is 0 Å². The molecule has 2 amide bonds. The van der Waals surface area contributed by atoms with E-state index in [1.54, 1.807) is 4.90 Å². The van der Waals surface area contributed by atoms with Gasteiger partial charge < -0.3 is 15.3 Å². The van der Waals surface area contributed by atoms with E-state index in [1.165, 1.54) is 0 Å². The van der Waals surface area contributed by atoms with Crippen LogP contribution in [-0.4, -0.2) is 40.1 Å². The zero-order chi connectivity index (χ0) is 16.0. The Bertz CT molecular complexity index is 464. The number of benzene rings is 1. The average molecular weight is 292 g/mol. The van der Waals surface area contributed by atoms with Gasteiger partial charge in [0.25, 0.3) is 0 Å². The molecule has 1 atom stereocenters. The monoisotopic (exact) mass is 292 g/mol. The van der Waals surface area contributed by atoms with Crippen LogP contribution in [-0.2, 0) is 11.2 Å². The molecule has 0 saturated heterocycles. The number of carboxylic acids is 1. The molecule has 1 aromatic rings. The van der Waals surface area contributed by atoms with Crippen molar-refractivity contribution in [1.29, 1.82) is 0 Å². The van der Waals surface area contributed by atoms with Crippen molar-refractivity contribution in [2.45, 2.75) is 52.2 Å². The van der Waals surface area contributed by atoms with Crippen LogP contribution < -0.4 is 5.32 Å². The predicted octanol–water partition coefficient (Wildman–Crippen LogP) is 2.51. The number of nitrogens with one attached hydrogen (secondary N) is 1. The molecule has 0 aromatic heterocycles. The average Bonchev–Trinajstić information content (AvgIpc) is 2.38. The Labute approximate surface area is 126 Å². The maximum atomic E-state index is 12.3. The second-order valence-corrected chi connectivity index (χ2v) is 5.62. The van der Waals surface area contributed by atoms with Crippen molar-refractivity contribution >= 4 is 12.0 Å². The molecule has 21 heavy (non-hydrogen) atoms. The van der Waals surface area contributed by atoms with Crippen molar-refractivity contribution in [3.63, 3.8) is 0 Å². The standard InChI is InChI=1S/C16H24N2O3/c1-11(2)18(12(3)4)16(21)17-14(15(19)20)10-13-8-6-5-7-9-13/h5-9,11-12,14H,10H2,1-4H3,(H,17,21)(H,19,20)/t14-/m0/s1. The summed E-state index contributed by atoms with van der Waals surface area (Å²) >= 11 is 0. The molecule has 0 aliphatic carbocycles. The fourth-order valence-electron chi connectivity index (χ4n) is 2.34. The summed E-state index contributed by atoms with van der Waals surface area (Å²) in [5.74, 6) is -1.03. The highest BCUT2D eigenvalue weighted by Crippen LogP contribution is 2.08. The number of carbonyl (C=O) groups is 2. The Hall–Kier alpha value is -2.04. The molecule has 0 aliphatic heterocycles. The molecule has 1 aromatic carbocycles. The summed E-state index contributed by atoms with van der Waals surface area (Å²) in [4.78, 5) is 25.3. The van der Waals surface area contributed by atoms with E-state index in [9.17, 15) is 14.7 Å². The third kappa shape index (κ3) is 5.10. The Morgan fingerprint density at radius 3 is 2.05 bits per heavy atom. The first-order chi connectivity index (χ1) is 9.82. The van der Waals surface area contributed by atoms with Gasteiger partial charge in [-0.1, -0.05) is 30.3 Å². The number of hydrogen-bond acceptors (Lipinski definition) is 2.